The van der Waals surface area contributed by atoms with Gasteiger partial charge in [0.15, 0.2) is 5.16 Å². The van der Waals surface area contributed by atoms with Crippen molar-refractivity contribution in [2.75, 3.05) is 19.5 Å². The smallest absolute Gasteiger partial charge is 0.311 e. The lowest BCUT2D eigenvalue weighted by molar-refractivity contribution is -0.139. The van der Waals surface area contributed by atoms with Crippen LogP contribution in [0, 0.1) is 6.92 Å². The fraction of sp³-hybridized carbons (Fsp3) is 0.353. The predicted molar refractivity (Wildman–Crippen MR) is 92.6 cm³/mol. The van der Waals surface area contributed by atoms with Gasteiger partial charge in [-0.1, -0.05) is 23.9 Å². The zero-order valence-corrected chi connectivity index (χ0v) is 14.5. The molecule has 1 aromatic carbocycles. The van der Waals surface area contributed by atoms with E-state index in [1.807, 2.05) is 31.2 Å². The van der Waals surface area contributed by atoms with Crippen LogP contribution in [0.4, 0.5) is 0 Å². The van der Waals surface area contributed by atoms with Crippen LogP contribution in [-0.2, 0) is 16.0 Å². The van der Waals surface area contributed by atoms with Crippen molar-refractivity contribution in [3.8, 4) is 5.75 Å². The zero-order valence-electron chi connectivity index (χ0n) is 13.7. The van der Waals surface area contributed by atoms with Crippen LogP contribution in [0.15, 0.2) is 40.3 Å². The van der Waals surface area contributed by atoms with Gasteiger partial charge in [-0.2, -0.15) is 0 Å². The van der Waals surface area contributed by atoms with Gasteiger partial charge in [0, 0.05) is 11.8 Å². The number of aromatic nitrogens is 2. The fourth-order valence-electron chi connectivity index (χ4n) is 1.99. The summed E-state index contributed by atoms with van der Waals surface area (Å²) in [5.74, 6) is 1.18. The Labute approximate surface area is 144 Å². The minimum Gasteiger partial charge on any atom is -0.494 e. The van der Waals surface area contributed by atoms with Crippen molar-refractivity contribution in [2.45, 2.75) is 24.9 Å². The monoisotopic (exact) mass is 348 g/mol. The number of methoxy groups -OCH3 is 1. The molecule has 1 aromatic heterocycles. The Kier molecular flexibility index (Phi) is 6.87. The first-order valence-corrected chi connectivity index (χ1v) is 8.54. The molecule has 0 amide bonds. The van der Waals surface area contributed by atoms with Crippen LogP contribution >= 0.6 is 11.8 Å². The molecule has 6 nitrogen and oxygen atoms in total. The molecule has 0 saturated carbocycles. The van der Waals surface area contributed by atoms with Gasteiger partial charge in [-0.25, -0.2) is 4.98 Å². The van der Waals surface area contributed by atoms with Crippen molar-refractivity contribution >= 4 is 17.7 Å². The maximum Gasteiger partial charge on any atom is 0.311 e. The number of aryl methyl sites for hydroxylation is 1. The third-order valence-corrected chi connectivity index (χ3v) is 4.07. The van der Waals surface area contributed by atoms with Gasteiger partial charge in [-0.05, 0) is 31.0 Å². The van der Waals surface area contributed by atoms with Gasteiger partial charge in [-0.15, -0.1) is 0 Å². The molecule has 0 radical (unpaired) electrons. The molecule has 24 heavy (non-hydrogen) atoms. The second-order valence-electron chi connectivity index (χ2n) is 5.16. The maximum absolute atomic E-state index is 11.6. The number of carbonyl (C=O) groups is 1. The summed E-state index contributed by atoms with van der Waals surface area (Å²) in [5, 5.41) is 0.497. The number of carbonyl (C=O) groups excluding carboxylic acids is 1. The number of rotatable bonds is 8. The number of benzene rings is 1. The van der Waals surface area contributed by atoms with Crippen LogP contribution in [-0.4, -0.2) is 35.4 Å². The summed E-state index contributed by atoms with van der Waals surface area (Å²) in [6.07, 6.45) is 0.800. The summed E-state index contributed by atoms with van der Waals surface area (Å²) in [6, 6.07) is 9.20. The van der Waals surface area contributed by atoms with Gasteiger partial charge in [0.25, 0.3) is 5.56 Å². The summed E-state index contributed by atoms with van der Waals surface area (Å²) in [7, 11) is 1.30. The lowest BCUT2D eigenvalue weighted by Gasteiger charge is -2.07. The van der Waals surface area contributed by atoms with E-state index in [0.29, 0.717) is 17.5 Å². The predicted octanol–water partition coefficient (Wildman–Crippen LogP) is 2.36. The average molecular weight is 348 g/mol. The largest absolute Gasteiger partial charge is 0.494 e. The van der Waals surface area contributed by atoms with Crippen LogP contribution in [0.2, 0.25) is 0 Å². The molecular formula is C17H20N2O4S. The summed E-state index contributed by atoms with van der Waals surface area (Å²) in [6.45, 7) is 2.61. The van der Waals surface area contributed by atoms with Crippen LogP contribution in [0.3, 0.4) is 0 Å². The molecule has 1 heterocycles. The molecule has 0 saturated heterocycles. The first kappa shape index (κ1) is 18.1. The van der Waals surface area contributed by atoms with Crippen molar-refractivity contribution in [3.63, 3.8) is 0 Å². The molecule has 0 aliphatic heterocycles. The summed E-state index contributed by atoms with van der Waals surface area (Å²) in [4.78, 5) is 29.8. The molecule has 0 aliphatic rings. The fourth-order valence-corrected chi connectivity index (χ4v) is 2.80. The Morgan fingerprint density at radius 2 is 2.17 bits per heavy atom. The normalized spacial score (nSPS) is 10.4. The van der Waals surface area contributed by atoms with Gasteiger partial charge in [0.2, 0.25) is 0 Å². The van der Waals surface area contributed by atoms with E-state index in [1.165, 1.54) is 24.9 Å². The number of hydrogen-bond donors (Lipinski definition) is 1. The van der Waals surface area contributed by atoms with Gasteiger partial charge in [0.1, 0.15) is 5.75 Å². The van der Waals surface area contributed by atoms with Crippen LogP contribution in [0.1, 0.15) is 17.7 Å². The standard InChI is InChI=1S/C17H20N2O4S/c1-12-5-3-6-14(9-12)23-7-4-8-24-17-18-13(10-15(20)19-17)11-16(21)22-2/h3,5-6,9-10H,4,7-8,11H2,1-2H3,(H,18,19,20). The van der Waals surface area contributed by atoms with E-state index in [-0.39, 0.29) is 12.0 Å². The highest BCUT2D eigenvalue weighted by Crippen LogP contribution is 2.15. The molecule has 2 aromatic rings. The Morgan fingerprint density at radius 3 is 2.92 bits per heavy atom. The number of nitrogens with zero attached hydrogens (tertiary/aromatic N) is 1. The first-order chi connectivity index (χ1) is 11.6. The maximum atomic E-state index is 11.6. The Bertz CT molecular complexity index is 745. The number of ether oxygens (including phenoxy) is 2. The number of aromatic amines is 1. The molecule has 0 unspecified atom stereocenters. The Balaban J connectivity index is 1.79. The van der Waals surface area contributed by atoms with Crippen molar-refractivity contribution in [2.24, 2.45) is 0 Å². The van der Waals surface area contributed by atoms with Gasteiger partial charge >= 0.3 is 5.97 Å². The van der Waals surface area contributed by atoms with Crippen LogP contribution < -0.4 is 10.3 Å². The summed E-state index contributed by atoms with van der Waals surface area (Å²) >= 11 is 1.42. The molecule has 2 rings (SSSR count). The van der Waals surface area contributed by atoms with E-state index < -0.39 is 5.97 Å². The molecule has 0 fully saturated rings. The highest BCUT2D eigenvalue weighted by Gasteiger charge is 2.07. The topological polar surface area (TPSA) is 81.3 Å². The lowest BCUT2D eigenvalue weighted by atomic mass is 10.2. The quantitative estimate of drug-likeness (QED) is 0.341. The number of thioether (sulfide) groups is 1. The third-order valence-electron chi connectivity index (χ3n) is 3.11. The molecular weight excluding hydrogens is 328 g/mol. The third kappa shape index (κ3) is 6.08. The number of H-pyrrole nitrogens is 1. The second-order valence-corrected chi connectivity index (χ2v) is 6.25. The van der Waals surface area contributed by atoms with E-state index in [4.69, 9.17) is 4.74 Å². The summed E-state index contributed by atoms with van der Waals surface area (Å²) < 4.78 is 10.3. The SMILES string of the molecule is COC(=O)Cc1cc(=O)[nH]c(SCCCOc2cccc(C)c2)n1. The van der Waals surface area contributed by atoms with E-state index in [1.54, 1.807) is 0 Å². The molecule has 0 aliphatic carbocycles. The van der Waals surface area contributed by atoms with Crippen LogP contribution in [0.5, 0.6) is 5.75 Å². The minimum absolute atomic E-state index is 0.00947. The van der Waals surface area contributed by atoms with E-state index in [0.717, 1.165) is 23.5 Å². The van der Waals surface area contributed by atoms with Gasteiger partial charge < -0.3 is 14.5 Å². The molecule has 0 spiro atoms. The van der Waals surface area contributed by atoms with Crippen molar-refractivity contribution in [1.82, 2.24) is 9.97 Å². The summed E-state index contributed by atoms with van der Waals surface area (Å²) in [5.41, 5.74) is 1.29. The lowest BCUT2D eigenvalue weighted by Crippen LogP contribution is -2.14. The van der Waals surface area contributed by atoms with Gasteiger partial charge in [-0.3, -0.25) is 9.59 Å². The molecule has 0 atom stereocenters. The highest BCUT2D eigenvalue weighted by atomic mass is 32.2. The average Bonchev–Trinajstić information content (AvgIpc) is 2.54. The van der Waals surface area contributed by atoms with E-state index in [2.05, 4.69) is 14.7 Å². The van der Waals surface area contributed by atoms with Crippen molar-refractivity contribution in [1.29, 1.82) is 0 Å². The van der Waals surface area contributed by atoms with Crippen molar-refractivity contribution in [3.05, 3.63) is 51.9 Å². The Morgan fingerprint density at radius 1 is 1.33 bits per heavy atom. The van der Waals surface area contributed by atoms with E-state index >= 15 is 0 Å². The second kappa shape index (κ2) is 9.12. The Hall–Kier alpha value is -2.28. The zero-order chi connectivity index (χ0) is 17.4. The number of nitrogens with one attached hydrogen (secondary N) is 1. The van der Waals surface area contributed by atoms with Crippen LogP contribution in [0.25, 0.3) is 0 Å². The highest BCUT2D eigenvalue weighted by molar-refractivity contribution is 7.99. The molecule has 0 bridgehead atoms. The van der Waals surface area contributed by atoms with E-state index in [9.17, 15) is 9.59 Å². The first-order valence-electron chi connectivity index (χ1n) is 7.56. The number of esters is 1. The molecule has 7 heteroatoms. The van der Waals surface area contributed by atoms with Crippen molar-refractivity contribution < 1.29 is 14.3 Å². The van der Waals surface area contributed by atoms with Gasteiger partial charge in [0.05, 0.1) is 25.8 Å². The molecule has 1 N–H and O–H groups in total. The molecule has 128 valence electrons. The minimum atomic E-state index is -0.421. The number of hydrogen-bond acceptors (Lipinski definition) is 6.